The largest absolute Gasteiger partial charge is 0.388 e. The maximum Gasteiger partial charge on any atom is 0.0826 e. The second kappa shape index (κ2) is 5.97. The zero-order valence-corrected chi connectivity index (χ0v) is 12.1. The van der Waals surface area contributed by atoms with Gasteiger partial charge in [0.15, 0.2) is 0 Å². The fourth-order valence-corrected chi connectivity index (χ4v) is 2.35. The molecular formula is C17H19N3O. The SMILES string of the molecule is CCC(O)c1ccn(Cc2ccn(-c3ccccc3)n2)c1. The van der Waals surface area contributed by atoms with Gasteiger partial charge < -0.3 is 9.67 Å². The van der Waals surface area contributed by atoms with Crippen molar-refractivity contribution in [2.24, 2.45) is 0 Å². The van der Waals surface area contributed by atoms with Crippen molar-refractivity contribution < 1.29 is 5.11 Å². The van der Waals surface area contributed by atoms with E-state index in [1.807, 2.05) is 77.2 Å². The van der Waals surface area contributed by atoms with Crippen molar-refractivity contribution in [3.8, 4) is 5.69 Å². The lowest BCUT2D eigenvalue weighted by Crippen LogP contribution is -2.00. The first-order valence-corrected chi connectivity index (χ1v) is 7.20. The molecule has 1 unspecified atom stereocenters. The van der Waals surface area contributed by atoms with E-state index in [1.165, 1.54) is 0 Å². The van der Waals surface area contributed by atoms with E-state index in [0.717, 1.165) is 23.4 Å². The fraction of sp³-hybridized carbons (Fsp3) is 0.235. The molecule has 0 aliphatic rings. The van der Waals surface area contributed by atoms with E-state index >= 15 is 0 Å². The van der Waals surface area contributed by atoms with Crippen LogP contribution in [-0.4, -0.2) is 19.5 Å². The Kier molecular flexibility index (Phi) is 3.88. The molecule has 2 heterocycles. The van der Waals surface area contributed by atoms with E-state index in [1.54, 1.807) is 0 Å². The van der Waals surface area contributed by atoms with Gasteiger partial charge in [0.1, 0.15) is 0 Å². The Labute approximate surface area is 124 Å². The summed E-state index contributed by atoms with van der Waals surface area (Å²) in [5, 5.41) is 14.4. The van der Waals surface area contributed by atoms with Crippen LogP contribution in [0.4, 0.5) is 0 Å². The number of benzene rings is 1. The zero-order valence-electron chi connectivity index (χ0n) is 12.1. The van der Waals surface area contributed by atoms with E-state index in [9.17, 15) is 5.11 Å². The highest BCUT2D eigenvalue weighted by molar-refractivity contribution is 5.30. The number of hydrogen-bond acceptors (Lipinski definition) is 2. The Morgan fingerprint density at radius 1 is 1.10 bits per heavy atom. The second-order valence-corrected chi connectivity index (χ2v) is 5.13. The minimum atomic E-state index is -0.381. The predicted octanol–water partition coefficient (Wildman–Crippen LogP) is 3.17. The summed E-state index contributed by atoms with van der Waals surface area (Å²) in [5.74, 6) is 0. The summed E-state index contributed by atoms with van der Waals surface area (Å²) in [5.41, 5.74) is 3.00. The van der Waals surface area contributed by atoms with Crippen LogP contribution in [-0.2, 0) is 6.54 Å². The second-order valence-electron chi connectivity index (χ2n) is 5.13. The fourth-order valence-electron chi connectivity index (χ4n) is 2.35. The zero-order chi connectivity index (χ0) is 14.7. The third kappa shape index (κ3) is 3.06. The molecule has 0 bridgehead atoms. The van der Waals surface area contributed by atoms with Crippen LogP contribution in [0.2, 0.25) is 0 Å². The summed E-state index contributed by atoms with van der Waals surface area (Å²) in [6, 6.07) is 14.0. The van der Waals surface area contributed by atoms with Crippen LogP contribution in [0.1, 0.15) is 30.7 Å². The number of hydrogen-bond donors (Lipinski definition) is 1. The Bertz CT molecular complexity index is 700. The summed E-state index contributed by atoms with van der Waals surface area (Å²) in [6.45, 7) is 2.68. The molecule has 0 saturated carbocycles. The van der Waals surface area contributed by atoms with Gasteiger partial charge in [0.2, 0.25) is 0 Å². The number of rotatable bonds is 5. The standard InChI is InChI=1S/C17H19N3O/c1-2-17(21)14-8-10-19(12-14)13-15-9-11-20(18-15)16-6-4-3-5-7-16/h3-12,17,21H,2,13H2,1H3. The Balaban J connectivity index is 1.74. The van der Waals surface area contributed by atoms with Crippen molar-refractivity contribution in [1.82, 2.24) is 14.3 Å². The Morgan fingerprint density at radius 2 is 1.90 bits per heavy atom. The van der Waals surface area contributed by atoms with Crippen LogP contribution in [0.25, 0.3) is 5.69 Å². The van der Waals surface area contributed by atoms with E-state index < -0.39 is 0 Å². The normalized spacial score (nSPS) is 12.5. The van der Waals surface area contributed by atoms with Gasteiger partial charge in [-0.05, 0) is 36.2 Å². The quantitative estimate of drug-likeness (QED) is 0.780. The summed E-state index contributed by atoms with van der Waals surface area (Å²) >= 11 is 0. The third-order valence-corrected chi connectivity index (χ3v) is 3.55. The van der Waals surface area contributed by atoms with E-state index in [2.05, 4.69) is 5.10 Å². The van der Waals surface area contributed by atoms with Crippen LogP contribution in [0, 0.1) is 0 Å². The highest BCUT2D eigenvalue weighted by atomic mass is 16.3. The van der Waals surface area contributed by atoms with Gasteiger partial charge in [0, 0.05) is 18.6 Å². The van der Waals surface area contributed by atoms with E-state index in [0.29, 0.717) is 6.54 Å². The van der Waals surface area contributed by atoms with E-state index in [4.69, 9.17) is 0 Å². The minimum Gasteiger partial charge on any atom is -0.388 e. The molecule has 0 radical (unpaired) electrons. The lowest BCUT2D eigenvalue weighted by molar-refractivity contribution is 0.173. The van der Waals surface area contributed by atoms with Crippen molar-refractivity contribution in [1.29, 1.82) is 0 Å². The molecule has 108 valence electrons. The summed E-state index contributed by atoms with van der Waals surface area (Å²) in [6.07, 6.45) is 6.28. The monoisotopic (exact) mass is 281 g/mol. The van der Waals surface area contributed by atoms with Crippen molar-refractivity contribution in [2.75, 3.05) is 0 Å². The molecule has 4 heteroatoms. The van der Waals surface area contributed by atoms with Gasteiger partial charge in [0.25, 0.3) is 0 Å². The topological polar surface area (TPSA) is 43.0 Å². The molecule has 1 atom stereocenters. The summed E-state index contributed by atoms with van der Waals surface area (Å²) in [7, 11) is 0. The van der Waals surface area contributed by atoms with Gasteiger partial charge >= 0.3 is 0 Å². The van der Waals surface area contributed by atoms with Crippen LogP contribution < -0.4 is 0 Å². The molecule has 0 amide bonds. The lowest BCUT2D eigenvalue weighted by atomic mass is 10.1. The van der Waals surface area contributed by atoms with Crippen LogP contribution in [0.5, 0.6) is 0 Å². The lowest BCUT2D eigenvalue weighted by Gasteiger charge is -2.04. The van der Waals surface area contributed by atoms with Crippen molar-refractivity contribution in [3.05, 3.63) is 72.3 Å². The molecule has 4 nitrogen and oxygen atoms in total. The Morgan fingerprint density at radius 3 is 2.67 bits per heavy atom. The van der Waals surface area contributed by atoms with Crippen molar-refractivity contribution in [3.63, 3.8) is 0 Å². The minimum absolute atomic E-state index is 0.381. The number of aliphatic hydroxyl groups is 1. The Hall–Kier alpha value is -2.33. The molecule has 0 aliphatic heterocycles. The van der Waals surface area contributed by atoms with Crippen molar-refractivity contribution >= 4 is 0 Å². The van der Waals surface area contributed by atoms with Crippen LogP contribution in [0.3, 0.4) is 0 Å². The average molecular weight is 281 g/mol. The number of aliphatic hydroxyl groups excluding tert-OH is 1. The van der Waals surface area contributed by atoms with Gasteiger partial charge in [-0.1, -0.05) is 25.1 Å². The van der Waals surface area contributed by atoms with Crippen LogP contribution in [0.15, 0.2) is 61.1 Å². The van der Waals surface area contributed by atoms with Gasteiger partial charge in [-0.2, -0.15) is 5.10 Å². The van der Waals surface area contributed by atoms with E-state index in [-0.39, 0.29) is 6.10 Å². The highest BCUT2D eigenvalue weighted by Gasteiger charge is 2.07. The van der Waals surface area contributed by atoms with Crippen LogP contribution >= 0.6 is 0 Å². The molecule has 21 heavy (non-hydrogen) atoms. The molecule has 3 rings (SSSR count). The molecule has 1 aromatic carbocycles. The van der Waals surface area contributed by atoms with Gasteiger partial charge in [-0.3, -0.25) is 0 Å². The smallest absolute Gasteiger partial charge is 0.0826 e. The number of nitrogens with zero attached hydrogens (tertiary/aromatic N) is 3. The first-order valence-electron chi connectivity index (χ1n) is 7.20. The maximum atomic E-state index is 9.83. The van der Waals surface area contributed by atoms with Crippen molar-refractivity contribution in [2.45, 2.75) is 26.0 Å². The van der Waals surface area contributed by atoms with Gasteiger partial charge in [-0.25, -0.2) is 4.68 Å². The van der Waals surface area contributed by atoms with Gasteiger partial charge in [0.05, 0.1) is 24.0 Å². The first kappa shape index (κ1) is 13.6. The molecule has 3 aromatic rings. The first-order chi connectivity index (χ1) is 10.3. The predicted molar refractivity (Wildman–Crippen MR) is 82.3 cm³/mol. The third-order valence-electron chi connectivity index (χ3n) is 3.55. The summed E-state index contributed by atoms with van der Waals surface area (Å²) in [4.78, 5) is 0. The summed E-state index contributed by atoms with van der Waals surface area (Å²) < 4.78 is 3.92. The molecular weight excluding hydrogens is 262 g/mol. The molecule has 0 aliphatic carbocycles. The average Bonchev–Trinajstić information content (AvgIpc) is 3.17. The maximum absolute atomic E-state index is 9.83. The molecule has 0 spiro atoms. The molecule has 1 N–H and O–H groups in total. The molecule has 0 fully saturated rings. The molecule has 2 aromatic heterocycles. The van der Waals surface area contributed by atoms with Gasteiger partial charge in [-0.15, -0.1) is 0 Å². The number of para-hydroxylation sites is 1. The molecule has 0 saturated heterocycles. The highest BCUT2D eigenvalue weighted by Crippen LogP contribution is 2.17. The number of aromatic nitrogens is 3.